The highest BCUT2D eigenvalue weighted by Gasteiger charge is 2.26. The summed E-state index contributed by atoms with van der Waals surface area (Å²) in [5.74, 6) is -0.259. The van der Waals surface area contributed by atoms with Gasteiger partial charge in [-0.1, -0.05) is 0 Å². The van der Waals surface area contributed by atoms with Crippen molar-refractivity contribution in [1.82, 2.24) is 10.2 Å². The molecule has 0 spiro atoms. The van der Waals surface area contributed by atoms with Gasteiger partial charge in [0.2, 0.25) is 0 Å². The van der Waals surface area contributed by atoms with Crippen molar-refractivity contribution < 1.29 is 9.59 Å². The molecule has 0 unspecified atom stereocenters. The van der Waals surface area contributed by atoms with Crippen molar-refractivity contribution in [2.75, 3.05) is 13.1 Å². The van der Waals surface area contributed by atoms with Crippen molar-refractivity contribution in [3.05, 3.63) is 11.1 Å². The standard InChI is InChI=1S/C9H12N2O2S/c12-8-7(14-9(13)10-8)6-11-4-2-1-3-5-11/h6H,1-5H2,(H,10,12,13). The minimum absolute atomic E-state index is 0.259. The number of hydrogen-bond donors (Lipinski definition) is 1. The zero-order valence-corrected chi connectivity index (χ0v) is 8.60. The van der Waals surface area contributed by atoms with Crippen LogP contribution in [0.25, 0.3) is 0 Å². The van der Waals surface area contributed by atoms with Gasteiger partial charge in [0.25, 0.3) is 11.1 Å². The Morgan fingerprint density at radius 2 is 1.93 bits per heavy atom. The molecule has 2 aliphatic rings. The van der Waals surface area contributed by atoms with Crippen LogP contribution in [0.15, 0.2) is 11.1 Å². The lowest BCUT2D eigenvalue weighted by atomic mass is 10.1. The van der Waals surface area contributed by atoms with Crippen LogP contribution in [-0.2, 0) is 4.79 Å². The lowest BCUT2D eigenvalue weighted by molar-refractivity contribution is -0.115. The van der Waals surface area contributed by atoms with Gasteiger partial charge >= 0.3 is 0 Å². The predicted molar refractivity (Wildman–Crippen MR) is 54.6 cm³/mol. The minimum atomic E-state index is -0.266. The van der Waals surface area contributed by atoms with Gasteiger partial charge in [0, 0.05) is 19.3 Å². The number of nitrogens with one attached hydrogen (secondary N) is 1. The molecule has 2 rings (SSSR count). The van der Waals surface area contributed by atoms with Crippen LogP contribution in [0.1, 0.15) is 19.3 Å². The summed E-state index contributed by atoms with van der Waals surface area (Å²) in [6.45, 7) is 1.98. The lowest BCUT2D eigenvalue weighted by Crippen LogP contribution is -2.25. The maximum atomic E-state index is 11.2. The first-order chi connectivity index (χ1) is 6.75. The molecule has 0 radical (unpaired) electrons. The van der Waals surface area contributed by atoms with Crippen molar-refractivity contribution in [3.63, 3.8) is 0 Å². The molecule has 2 aliphatic heterocycles. The molecular formula is C9H12N2O2S. The topological polar surface area (TPSA) is 49.4 Å². The Kier molecular flexibility index (Phi) is 2.77. The van der Waals surface area contributed by atoms with Crippen LogP contribution in [0, 0.1) is 0 Å². The molecule has 5 heteroatoms. The Morgan fingerprint density at radius 3 is 2.50 bits per heavy atom. The molecule has 76 valence electrons. The minimum Gasteiger partial charge on any atom is -0.376 e. The van der Waals surface area contributed by atoms with Crippen LogP contribution >= 0.6 is 11.8 Å². The molecule has 0 atom stereocenters. The average molecular weight is 212 g/mol. The van der Waals surface area contributed by atoms with Crippen molar-refractivity contribution in [2.24, 2.45) is 0 Å². The first-order valence-corrected chi connectivity index (χ1v) is 5.56. The second kappa shape index (κ2) is 4.04. The third-order valence-electron chi connectivity index (χ3n) is 2.33. The largest absolute Gasteiger partial charge is 0.376 e. The number of nitrogens with zero attached hydrogens (tertiary/aromatic N) is 1. The summed E-state index contributed by atoms with van der Waals surface area (Å²) in [5, 5.41) is 1.98. The van der Waals surface area contributed by atoms with Crippen molar-refractivity contribution in [1.29, 1.82) is 0 Å². The number of rotatable bonds is 1. The lowest BCUT2D eigenvalue weighted by Gasteiger charge is -2.25. The van der Waals surface area contributed by atoms with E-state index in [9.17, 15) is 9.59 Å². The van der Waals surface area contributed by atoms with Crippen LogP contribution in [-0.4, -0.2) is 29.1 Å². The van der Waals surface area contributed by atoms with Gasteiger partial charge in [-0.2, -0.15) is 0 Å². The summed E-state index contributed by atoms with van der Waals surface area (Å²) in [6, 6.07) is 0. The van der Waals surface area contributed by atoms with Crippen molar-refractivity contribution in [2.45, 2.75) is 19.3 Å². The van der Waals surface area contributed by atoms with E-state index in [1.807, 2.05) is 6.20 Å². The second-order valence-electron chi connectivity index (χ2n) is 3.43. The van der Waals surface area contributed by atoms with Gasteiger partial charge in [-0.15, -0.1) is 0 Å². The fourth-order valence-corrected chi connectivity index (χ4v) is 2.31. The Hall–Kier alpha value is -0.970. The maximum Gasteiger partial charge on any atom is 0.290 e. The summed E-state index contributed by atoms with van der Waals surface area (Å²) in [7, 11) is 0. The third-order valence-corrected chi connectivity index (χ3v) is 3.13. The van der Waals surface area contributed by atoms with Crippen molar-refractivity contribution in [3.8, 4) is 0 Å². The van der Waals surface area contributed by atoms with Gasteiger partial charge in [0.1, 0.15) is 0 Å². The molecule has 0 bridgehead atoms. The molecule has 4 nitrogen and oxygen atoms in total. The number of imide groups is 1. The molecule has 0 aromatic carbocycles. The molecule has 0 aromatic rings. The van der Waals surface area contributed by atoms with E-state index in [4.69, 9.17) is 0 Å². The number of hydrogen-bond acceptors (Lipinski definition) is 4. The highest BCUT2D eigenvalue weighted by atomic mass is 32.2. The number of amides is 2. The fourth-order valence-electron chi connectivity index (χ4n) is 1.62. The molecule has 2 saturated heterocycles. The van der Waals surface area contributed by atoms with Crippen LogP contribution in [0.2, 0.25) is 0 Å². The maximum absolute atomic E-state index is 11.2. The highest BCUT2D eigenvalue weighted by Crippen LogP contribution is 2.24. The van der Waals surface area contributed by atoms with E-state index in [1.165, 1.54) is 19.3 Å². The van der Waals surface area contributed by atoms with E-state index in [1.54, 1.807) is 0 Å². The number of carbonyl (C=O) groups excluding carboxylic acids is 2. The van der Waals surface area contributed by atoms with Gasteiger partial charge < -0.3 is 4.90 Å². The SMILES string of the molecule is O=C1NC(=O)C(=CN2CCCCC2)S1. The van der Waals surface area contributed by atoms with E-state index >= 15 is 0 Å². The first kappa shape index (κ1) is 9.58. The Bertz CT molecular complexity index is 295. The molecule has 2 fully saturated rings. The second-order valence-corrected chi connectivity index (χ2v) is 4.45. The van der Waals surface area contributed by atoms with E-state index in [0.717, 1.165) is 24.9 Å². The molecule has 0 aromatic heterocycles. The molecule has 2 amide bonds. The fraction of sp³-hybridized carbons (Fsp3) is 0.556. The number of carbonyl (C=O) groups is 2. The predicted octanol–water partition coefficient (Wildman–Crippen LogP) is 1.30. The van der Waals surface area contributed by atoms with Crippen LogP contribution < -0.4 is 5.32 Å². The van der Waals surface area contributed by atoms with Gasteiger partial charge in [0.15, 0.2) is 0 Å². The number of piperidine rings is 1. The van der Waals surface area contributed by atoms with Gasteiger partial charge in [-0.05, 0) is 31.0 Å². The molecular weight excluding hydrogens is 200 g/mol. The molecule has 1 N–H and O–H groups in total. The monoisotopic (exact) mass is 212 g/mol. The third kappa shape index (κ3) is 2.09. The Balaban J connectivity index is 2.02. The van der Waals surface area contributed by atoms with E-state index in [2.05, 4.69) is 10.2 Å². The van der Waals surface area contributed by atoms with Gasteiger partial charge in [-0.3, -0.25) is 14.9 Å². The summed E-state index contributed by atoms with van der Waals surface area (Å²) >= 11 is 0.987. The van der Waals surface area contributed by atoms with Crippen LogP contribution in [0.4, 0.5) is 4.79 Å². The molecule has 0 aliphatic carbocycles. The van der Waals surface area contributed by atoms with Crippen molar-refractivity contribution >= 4 is 22.9 Å². The van der Waals surface area contributed by atoms with E-state index in [0.29, 0.717) is 4.91 Å². The zero-order valence-electron chi connectivity index (χ0n) is 7.78. The summed E-state index contributed by atoms with van der Waals surface area (Å²) in [6.07, 6.45) is 5.41. The Morgan fingerprint density at radius 1 is 1.21 bits per heavy atom. The molecule has 14 heavy (non-hydrogen) atoms. The van der Waals surface area contributed by atoms with Gasteiger partial charge in [-0.25, -0.2) is 0 Å². The van der Waals surface area contributed by atoms with E-state index in [-0.39, 0.29) is 11.1 Å². The summed E-state index contributed by atoms with van der Waals surface area (Å²) in [5.41, 5.74) is 0. The summed E-state index contributed by atoms with van der Waals surface area (Å²) in [4.78, 5) is 24.7. The molecule has 2 heterocycles. The highest BCUT2D eigenvalue weighted by molar-refractivity contribution is 8.18. The van der Waals surface area contributed by atoms with E-state index < -0.39 is 0 Å². The zero-order chi connectivity index (χ0) is 9.97. The van der Waals surface area contributed by atoms with Crippen LogP contribution in [0.5, 0.6) is 0 Å². The molecule has 0 saturated carbocycles. The number of likely N-dealkylation sites (tertiary alicyclic amines) is 1. The quantitative estimate of drug-likeness (QED) is 0.665. The number of thioether (sulfide) groups is 1. The smallest absolute Gasteiger partial charge is 0.290 e. The van der Waals surface area contributed by atoms with Crippen LogP contribution in [0.3, 0.4) is 0 Å². The Labute approximate surface area is 86.7 Å². The first-order valence-electron chi connectivity index (χ1n) is 4.75. The summed E-state index contributed by atoms with van der Waals surface area (Å²) < 4.78 is 0. The van der Waals surface area contributed by atoms with Gasteiger partial charge in [0.05, 0.1) is 4.91 Å². The normalized spacial score (nSPS) is 25.7. The average Bonchev–Trinajstić information content (AvgIpc) is 2.47.